The van der Waals surface area contributed by atoms with Crippen LogP contribution in [0, 0.1) is 0 Å². The standard InChI is InChI=1S/C32H38N4O4S/c1-5-32(2,3)35-24(19-22-13-8-6-9-14-22)28(37)33-25(20-23-15-10-7-11-16-23)30(38)36-18-12-17-27(36)29-34-26(21-41-29)31(39)40-4/h5-11,13-16,21,24-25,27,35H,1,12,17-20H2,2-4H3,(H,33,37)/t24-,25-,27-/m0/s1. The lowest BCUT2D eigenvalue weighted by molar-refractivity contribution is -0.137. The van der Waals surface area contributed by atoms with Gasteiger partial charge in [0.1, 0.15) is 11.0 Å². The van der Waals surface area contributed by atoms with Crippen LogP contribution in [0.15, 0.2) is 78.7 Å². The summed E-state index contributed by atoms with van der Waals surface area (Å²) in [5.74, 6) is -0.922. The second-order valence-electron chi connectivity index (χ2n) is 10.8. The van der Waals surface area contributed by atoms with Crippen molar-refractivity contribution in [3.63, 3.8) is 0 Å². The molecule has 4 rings (SSSR count). The number of hydrogen-bond acceptors (Lipinski definition) is 7. The minimum absolute atomic E-state index is 0.166. The van der Waals surface area contributed by atoms with Crippen molar-refractivity contribution in [2.24, 2.45) is 0 Å². The first-order valence-electron chi connectivity index (χ1n) is 13.8. The number of nitrogens with one attached hydrogen (secondary N) is 2. The maximum Gasteiger partial charge on any atom is 0.357 e. The summed E-state index contributed by atoms with van der Waals surface area (Å²) in [6.07, 6.45) is 4.12. The molecule has 2 amide bonds. The summed E-state index contributed by atoms with van der Waals surface area (Å²) in [5.41, 5.74) is 1.69. The number of aromatic nitrogens is 1. The number of carbonyl (C=O) groups is 3. The van der Waals surface area contributed by atoms with E-state index in [9.17, 15) is 14.4 Å². The van der Waals surface area contributed by atoms with Crippen LogP contribution in [0.25, 0.3) is 0 Å². The molecule has 2 heterocycles. The molecule has 1 saturated heterocycles. The summed E-state index contributed by atoms with van der Waals surface area (Å²) in [7, 11) is 1.32. The second-order valence-corrected chi connectivity index (χ2v) is 11.7. The van der Waals surface area contributed by atoms with Gasteiger partial charge in [0, 0.05) is 23.9 Å². The van der Waals surface area contributed by atoms with Gasteiger partial charge in [-0.15, -0.1) is 17.9 Å². The molecule has 9 heteroatoms. The third-order valence-electron chi connectivity index (χ3n) is 7.29. The number of benzene rings is 2. The molecule has 1 aliphatic rings. The Balaban J connectivity index is 1.59. The molecule has 2 N–H and O–H groups in total. The predicted octanol–water partition coefficient (Wildman–Crippen LogP) is 4.49. The highest BCUT2D eigenvalue weighted by atomic mass is 32.1. The Morgan fingerprint density at radius 1 is 1.07 bits per heavy atom. The van der Waals surface area contributed by atoms with E-state index in [0.29, 0.717) is 24.4 Å². The zero-order valence-electron chi connectivity index (χ0n) is 23.8. The lowest BCUT2D eigenvalue weighted by Gasteiger charge is -2.32. The molecule has 0 bridgehead atoms. The highest BCUT2D eigenvalue weighted by molar-refractivity contribution is 7.09. The van der Waals surface area contributed by atoms with Gasteiger partial charge in [0.2, 0.25) is 11.8 Å². The lowest BCUT2D eigenvalue weighted by atomic mass is 9.98. The van der Waals surface area contributed by atoms with Crippen LogP contribution in [-0.2, 0) is 27.2 Å². The minimum atomic E-state index is -0.780. The maximum atomic E-state index is 14.1. The van der Waals surface area contributed by atoms with Gasteiger partial charge in [-0.3, -0.25) is 14.9 Å². The van der Waals surface area contributed by atoms with E-state index in [2.05, 4.69) is 22.2 Å². The van der Waals surface area contributed by atoms with Crippen molar-refractivity contribution in [2.45, 2.75) is 63.2 Å². The zero-order chi connectivity index (χ0) is 29.4. The second kappa shape index (κ2) is 13.7. The van der Waals surface area contributed by atoms with Gasteiger partial charge in [0.25, 0.3) is 0 Å². The van der Waals surface area contributed by atoms with E-state index in [-0.39, 0.29) is 23.6 Å². The van der Waals surface area contributed by atoms with Crippen molar-refractivity contribution in [3.05, 3.63) is 101 Å². The van der Waals surface area contributed by atoms with Gasteiger partial charge in [-0.05, 0) is 44.2 Å². The van der Waals surface area contributed by atoms with E-state index >= 15 is 0 Å². The van der Waals surface area contributed by atoms with Crippen molar-refractivity contribution in [1.82, 2.24) is 20.5 Å². The monoisotopic (exact) mass is 574 g/mol. The molecule has 2 aromatic carbocycles. The van der Waals surface area contributed by atoms with Crippen molar-refractivity contribution in [2.75, 3.05) is 13.7 Å². The average Bonchev–Trinajstić information content (AvgIpc) is 3.67. The molecule has 8 nitrogen and oxygen atoms in total. The summed E-state index contributed by atoms with van der Waals surface area (Å²) in [5, 5.41) is 8.86. The molecule has 1 fully saturated rings. The summed E-state index contributed by atoms with van der Waals surface area (Å²) in [4.78, 5) is 46.3. The van der Waals surface area contributed by atoms with Gasteiger partial charge < -0.3 is 15.0 Å². The summed E-state index contributed by atoms with van der Waals surface area (Å²) in [6, 6.07) is 17.9. The van der Waals surface area contributed by atoms with Gasteiger partial charge in [-0.25, -0.2) is 9.78 Å². The van der Waals surface area contributed by atoms with Crippen LogP contribution in [0.1, 0.15) is 59.4 Å². The summed E-state index contributed by atoms with van der Waals surface area (Å²) in [6.45, 7) is 8.39. The Bertz CT molecular complexity index is 1340. The van der Waals surface area contributed by atoms with E-state index in [1.807, 2.05) is 74.5 Å². The summed E-state index contributed by atoms with van der Waals surface area (Å²) < 4.78 is 4.81. The van der Waals surface area contributed by atoms with Crippen LogP contribution < -0.4 is 10.6 Å². The van der Waals surface area contributed by atoms with Crippen LogP contribution in [0.5, 0.6) is 0 Å². The zero-order valence-corrected chi connectivity index (χ0v) is 24.7. The highest BCUT2D eigenvalue weighted by Gasteiger charge is 2.37. The van der Waals surface area contributed by atoms with E-state index in [4.69, 9.17) is 4.74 Å². The Kier molecular flexibility index (Phi) is 10.1. The molecule has 41 heavy (non-hydrogen) atoms. The molecule has 0 aliphatic carbocycles. The topological polar surface area (TPSA) is 101 Å². The smallest absolute Gasteiger partial charge is 0.357 e. The van der Waals surface area contributed by atoms with Crippen LogP contribution in [-0.4, -0.2) is 58.9 Å². The van der Waals surface area contributed by atoms with Gasteiger partial charge in [-0.2, -0.15) is 0 Å². The van der Waals surface area contributed by atoms with Gasteiger partial charge in [-0.1, -0.05) is 66.7 Å². The number of rotatable bonds is 12. The van der Waals surface area contributed by atoms with E-state index in [1.165, 1.54) is 18.4 Å². The van der Waals surface area contributed by atoms with Gasteiger partial charge >= 0.3 is 5.97 Å². The Morgan fingerprint density at radius 2 is 1.68 bits per heavy atom. The van der Waals surface area contributed by atoms with E-state index in [1.54, 1.807) is 16.4 Å². The molecule has 0 radical (unpaired) electrons. The van der Waals surface area contributed by atoms with E-state index < -0.39 is 23.6 Å². The van der Waals surface area contributed by atoms with E-state index in [0.717, 1.165) is 24.0 Å². The molecule has 1 aliphatic heterocycles. The number of nitrogens with zero attached hydrogens (tertiary/aromatic N) is 2. The van der Waals surface area contributed by atoms with Gasteiger partial charge in [0.15, 0.2) is 5.69 Å². The number of ether oxygens (including phenoxy) is 1. The molecule has 0 saturated carbocycles. The number of amides is 2. The molecule has 3 atom stereocenters. The normalized spacial score (nSPS) is 16.6. The average molecular weight is 575 g/mol. The Hall–Kier alpha value is -3.82. The molecule has 0 unspecified atom stereocenters. The molecular weight excluding hydrogens is 536 g/mol. The van der Waals surface area contributed by atoms with Crippen LogP contribution in [0.2, 0.25) is 0 Å². The van der Waals surface area contributed by atoms with Gasteiger partial charge in [0.05, 0.1) is 19.2 Å². The van der Waals surface area contributed by atoms with Crippen LogP contribution >= 0.6 is 11.3 Å². The fraction of sp³-hybridized carbons (Fsp3) is 0.375. The largest absolute Gasteiger partial charge is 0.464 e. The number of hydrogen-bond donors (Lipinski definition) is 2. The van der Waals surface area contributed by atoms with Crippen LogP contribution in [0.3, 0.4) is 0 Å². The molecule has 3 aromatic rings. The SMILES string of the molecule is C=CC(C)(C)N[C@@H](Cc1ccccc1)C(=O)N[C@@H](Cc1ccccc1)C(=O)N1CCC[C@H]1c1nc(C(=O)OC)cs1. The number of likely N-dealkylation sites (tertiary alicyclic amines) is 1. The number of methoxy groups -OCH3 is 1. The fourth-order valence-electron chi connectivity index (χ4n) is 5.02. The quantitative estimate of drug-likeness (QED) is 0.244. The first kappa shape index (κ1) is 30.1. The first-order chi connectivity index (χ1) is 19.7. The van der Waals surface area contributed by atoms with Crippen molar-refractivity contribution in [1.29, 1.82) is 0 Å². The maximum absolute atomic E-state index is 14.1. The number of thiazole rings is 1. The van der Waals surface area contributed by atoms with Crippen LogP contribution in [0.4, 0.5) is 0 Å². The number of esters is 1. The Labute approximate surface area is 245 Å². The van der Waals surface area contributed by atoms with Crippen molar-refractivity contribution < 1.29 is 19.1 Å². The molecular formula is C32H38N4O4S. The summed E-state index contributed by atoms with van der Waals surface area (Å²) >= 11 is 1.34. The van der Waals surface area contributed by atoms with Crippen molar-refractivity contribution >= 4 is 29.1 Å². The third-order valence-corrected chi connectivity index (χ3v) is 8.24. The van der Waals surface area contributed by atoms with Crippen molar-refractivity contribution in [3.8, 4) is 0 Å². The molecule has 0 spiro atoms. The fourth-order valence-corrected chi connectivity index (χ4v) is 5.95. The third kappa shape index (κ3) is 7.89. The minimum Gasteiger partial charge on any atom is -0.464 e. The lowest BCUT2D eigenvalue weighted by Crippen LogP contribution is -2.57. The first-order valence-corrected chi connectivity index (χ1v) is 14.7. The highest BCUT2D eigenvalue weighted by Crippen LogP contribution is 2.34. The molecule has 216 valence electrons. The predicted molar refractivity (Wildman–Crippen MR) is 161 cm³/mol. The number of carbonyl (C=O) groups excluding carboxylic acids is 3. The molecule has 1 aromatic heterocycles. The Morgan fingerprint density at radius 3 is 2.27 bits per heavy atom.